The van der Waals surface area contributed by atoms with E-state index in [2.05, 4.69) is 19.2 Å². The minimum Gasteiger partial charge on any atom is -0.337 e. The number of rotatable bonds is 4. The van der Waals surface area contributed by atoms with Gasteiger partial charge >= 0.3 is 6.03 Å². The average Bonchev–Trinajstić information content (AvgIpc) is 2.53. The molecular weight excluding hydrogens is 296 g/mol. The van der Waals surface area contributed by atoms with Gasteiger partial charge < -0.3 is 10.2 Å². The smallest absolute Gasteiger partial charge is 0.317 e. The SMILES string of the molecule is CN(C(=O)NCC(C)(C)c1ccc(Cl)cc1)C1CCCCC1. The highest BCUT2D eigenvalue weighted by Gasteiger charge is 2.25. The Labute approximate surface area is 139 Å². The van der Waals surface area contributed by atoms with Crippen LogP contribution in [0.4, 0.5) is 4.79 Å². The second-order valence-electron chi connectivity index (χ2n) is 6.95. The van der Waals surface area contributed by atoms with Crippen molar-refractivity contribution in [1.29, 1.82) is 0 Å². The molecule has 0 aromatic heterocycles. The third kappa shape index (κ3) is 4.39. The first-order valence-electron chi connectivity index (χ1n) is 8.17. The van der Waals surface area contributed by atoms with Crippen LogP contribution in [-0.4, -0.2) is 30.6 Å². The molecule has 122 valence electrons. The molecule has 4 heteroatoms. The van der Waals surface area contributed by atoms with Gasteiger partial charge in [0, 0.05) is 30.1 Å². The molecule has 2 rings (SSSR count). The Morgan fingerprint density at radius 2 is 1.82 bits per heavy atom. The molecule has 0 bridgehead atoms. The van der Waals surface area contributed by atoms with E-state index in [9.17, 15) is 4.79 Å². The number of hydrogen-bond acceptors (Lipinski definition) is 1. The largest absolute Gasteiger partial charge is 0.337 e. The van der Waals surface area contributed by atoms with E-state index in [1.54, 1.807) is 0 Å². The lowest BCUT2D eigenvalue weighted by atomic mass is 9.84. The molecule has 0 heterocycles. The van der Waals surface area contributed by atoms with Gasteiger partial charge in [0.1, 0.15) is 0 Å². The lowest BCUT2D eigenvalue weighted by Gasteiger charge is -2.33. The molecule has 3 nitrogen and oxygen atoms in total. The maximum Gasteiger partial charge on any atom is 0.317 e. The van der Waals surface area contributed by atoms with Gasteiger partial charge in [-0.1, -0.05) is 56.8 Å². The van der Waals surface area contributed by atoms with Crippen LogP contribution in [0, 0.1) is 0 Å². The van der Waals surface area contributed by atoms with Crippen LogP contribution in [-0.2, 0) is 5.41 Å². The summed E-state index contributed by atoms with van der Waals surface area (Å²) in [4.78, 5) is 14.3. The van der Waals surface area contributed by atoms with E-state index in [-0.39, 0.29) is 11.4 Å². The summed E-state index contributed by atoms with van der Waals surface area (Å²) in [5, 5.41) is 3.82. The lowest BCUT2D eigenvalue weighted by molar-refractivity contribution is 0.172. The molecule has 1 saturated carbocycles. The molecule has 1 aromatic carbocycles. The van der Waals surface area contributed by atoms with Crippen LogP contribution in [0.3, 0.4) is 0 Å². The fourth-order valence-electron chi connectivity index (χ4n) is 3.06. The van der Waals surface area contributed by atoms with Crippen molar-refractivity contribution in [2.45, 2.75) is 57.4 Å². The van der Waals surface area contributed by atoms with Crippen molar-refractivity contribution >= 4 is 17.6 Å². The molecule has 0 aliphatic heterocycles. The summed E-state index contributed by atoms with van der Waals surface area (Å²) >= 11 is 5.94. The van der Waals surface area contributed by atoms with Gasteiger partial charge in [-0.3, -0.25) is 0 Å². The van der Waals surface area contributed by atoms with Crippen LogP contribution in [0.25, 0.3) is 0 Å². The number of hydrogen-bond donors (Lipinski definition) is 1. The Kier molecular flexibility index (Phi) is 5.74. The zero-order valence-corrected chi connectivity index (χ0v) is 14.6. The van der Waals surface area contributed by atoms with Crippen molar-refractivity contribution in [1.82, 2.24) is 10.2 Å². The molecule has 0 spiro atoms. The van der Waals surface area contributed by atoms with E-state index in [0.29, 0.717) is 12.6 Å². The molecule has 0 radical (unpaired) electrons. The van der Waals surface area contributed by atoms with Crippen molar-refractivity contribution in [2.75, 3.05) is 13.6 Å². The van der Waals surface area contributed by atoms with Gasteiger partial charge in [-0.15, -0.1) is 0 Å². The Hall–Kier alpha value is -1.22. The summed E-state index contributed by atoms with van der Waals surface area (Å²) < 4.78 is 0. The summed E-state index contributed by atoms with van der Waals surface area (Å²) in [5.41, 5.74) is 1.06. The molecule has 1 aliphatic rings. The highest BCUT2D eigenvalue weighted by Crippen LogP contribution is 2.25. The molecule has 1 aromatic rings. The normalized spacial score (nSPS) is 16.4. The summed E-state index contributed by atoms with van der Waals surface area (Å²) in [5.74, 6) is 0. The minimum absolute atomic E-state index is 0.0361. The van der Waals surface area contributed by atoms with Crippen LogP contribution < -0.4 is 5.32 Å². The summed E-state index contributed by atoms with van der Waals surface area (Å²) in [6.07, 6.45) is 6.03. The van der Waals surface area contributed by atoms with Gasteiger partial charge in [-0.25, -0.2) is 4.79 Å². The number of urea groups is 1. The first kappa shape index (κ1) is 17.1. The zero-order valence-electron chi connectivity index (χ0n) is 13.9. The zero-order chi connectivity index (χ0) is 16.2. The van der Waals surface area contributed by atoms with E-state index in [1.165, 1.54) is 24.8 Å². The number of nitrogens with one attached hydrogen (secondary N) is 1. The first-order valence-corrected chi connectivity index (χ1v) is 8.55. The Balaban J connectivity index is 1.90. The minimum atomic E-state index is -0.117. The molecule has 0 atom stereocenters. The fourth-order valence-corrected chi connectivity index (χ4v) is 3.18. The summed E-state index contributed by atoms with van der Waals surface area (Å²) in [7, 11) is 1.92. The van der Waals surface area contributed by atoms with Gasteiger partial charge in [0.05, 0.1) is 0 Å². The van der Waals surface area contributed by atoms with Gasteiger partial charge in [0.15, 0.2) is 0 Å². The average molecular weight is 323 g/mol. The molecule has 1 N–H and O–H groups in total. The van der Waals surface area contributed by atoms with E-state index in [0.717, 1.165) is 17.9 Å². The summed E-state index contributed by atoms with van der Waals surface area (Å²) in [6.45, 7) is 4.89. The molecule has 1 aliphatic carbocycles. The van der Waals surface area contributed by atoms with Gasteiger partial charge in [0.2, 0.25) is 0 Å². The van der Waals surface area contributed by atoms with Crippen molar-refractivity contribution in [3.05, 3.63) is 34.9 Å². The molecule has 22 heavy (non-hydrogen) atoms. The van der Waals surface area contributed by atoms with Crippen LogP contribution >= 0.6 is 11.6 Å². The van der Waals surface area contributed by atoms with E-state index >= 15 is 0 Å². The molecule has 0 unspecified atom stereocenters. The van der Waals surface area contributed by atoms with Gasteiger partial charge in [-0.2, -0.15) is 0 Å². The third-order valence-corrected chi connectivity index (χ3v) is 5.00. The number of carbonyl (C=O) groups excluding carboxylic acids is 1. The predicted molar refractivity (Wildman–Crippen MR) is 92.5 cm³/mol. The van der Waals surface area contributed by atoms with Crippen molar-refractivity contribution < 1.29 is 4.79 Å². The summed E-state index contributed by atoms with van der Waals surface area (Å²) in [6, 6.07) is 8.28. The second-order valence-corrected chi connectivity index (χ2v) is 7.39. The van der Waals surface area contributed by atoms with Crippen LogP contribution in [0.1, 0.15) is 51.5 Å². The Morgan fingerprint density at radius 1 is 1.23 bits per heavy atom. The van der Waals surface area contributed by atoms with Gasteiger partial charge in [-0.05, 0) is 30.5 Å². The third-order valence-electron chi connectivity index (χ3n) is 4.75. The number of carbonyl (C=O) groups is 1. The quantitative estimate of drug-likeness (QED) is 0.863. The highest BCUT2D eigenvalue weighted by molar-refractivity contribution is 6.30. The Bertz CT molecular complexity index is 492. The second kappa shape index (κ2) is 7.36. The van der Waals surface area contributed by atoms with Crippen LogP contribution in [0.2, 0.25) is 5.02 Å². The molecule has 0 saturated heterocycles. The highest BCUT2D eigenvalue weighted by atomic mass is 35.5. The van der Waals surface area contributed by atoms with E-state index in [4.69, 9.17) is 11.6 Å². The molecule has 2 amide bonds. The van der Waals surface area contributed by atoms with Crippen molar-refractivity contribution in [3.63, 3.8) is 0 Å². The van der Waals surface area contributed by atoms with Crippen LogP contribution in [0.15, 0.2) is 24.3 Å². The van der Waals surface area contributed by atoms with Crippen LogP contribution in [0.5, 0.6) is 0 Å². The lowest BCUT2D eigenvalue weighted by Crippen LogP contribution is -2.47. The van der Waals surface area contributed by atoms with E-state index < -0.39 is 0 Å². The number of nitrogens with zero attached hydrogens (tertiary/aromatic N) is 1. The van der Waals surface area contributed by atoms with Gasteiger partial charge in [0.25, 0.3) is 0 Å². The molecule has 1 fully saturated rings. The Morgan fingerprint density at radius 3 is 2.41 bits per heavy atom. The first-order chi connectivity index (χ1) is 10.4. The number of benzene rings is 1. The maximum absolute atomic E-state index is 12.4. The van der Waals surface area contributed by atoms with E-state index in [1.807, 2.05) is 36.2 Å². The monoisotopic (exact) mass is 322 g/mol. The molecular formula is C18H27ClN2O. The van der Waals surface area contributed by atoms with Crippen molar-refractivity contribution in [2.24, 2.45) is 0 Å². The topological polar surface area (TPSA) is 32.3 Å². The standard InChI is InChI=1S/C18H27ClN2O/c1-18(2,14-9-11-15(19)12-10-14)13-20-17(22)21(3)16-7-5-4-6-8-16/h9-12,16H,4-8,13H2,1-3H3,(H,20,22). The number of amides is 2. The predicted octanol–water partition coefficient (Wildman–Crippen LogP) is 4.59. The maximum atomic E-state index is 12.4. The van der Waals surface area contributed by atoms with Crippen molar-refractivity contribution in [3.8, 4) is 0 Å². The fraction of sp³-hybridized carbons (Fsp3) is 0.611. The number of halogens is 1.